The van der Waals surface area contributed by atoms with Crippen LogP contribution in [0.25, 0.3) is 0 Å². The summed E-state index contributed by atoms with van der Waals surface area (Å²) in [6, 6.07) is 2.55. The van der Waals surface area contributed by atoms with Gasteiger partial charge in [0, 0.05) is 0 Å². The van der Waals surface area contributed by atoms with Gasteiger partial charge in [0.2, 0.25) is 0 Å². The Morgan fingerprint density at radius 2 is 2.00 bits per heavy atom. The van der Waals surface area contributed by atoms with Gasteiger partial charge in [-0.25, -0.2) is 4.39 Å². The Morgan fingerprint density at radius 3 is 2.50 bits per heavy atom. The summed E-state index contributed by atoms with van der Waals surface area (Å²) in [5, 5.41) is 0. The van der Waals surface area contributed by atoms with Crippen LogP contribution < -0.4 is 11.3 Å². The van der Waals surface area contributed by atoms with E-state index in [1.54, 1.807) is 6.92 Å². The normalized spacial score (nSPS) is 13.9. The summed E-state index contributed by atoms with van der Waals surface area (Å²) in [6.07, 6.45) is -5.48. The van der Waals surface area contributed by atoms with Gasteiger partial charge < -0.3 is 0 Å². The standard InChI is InChI=1S/C10H12F4N2/c1-6-2-3-7(11)4-8(6)9(16-15)5-10(12,13)14/h2-4,9,16H,5,15H2,1H3. The Hall–Kier alpha value is -1.14. The predicted molar refractivity (Wildman–Crippen MR) is 51.9 cm³/mol. The van der Waals surface area contributed by atoms with Gasteiger partial charge in [0.15, 0.2) is 0 Å². The second-order valence-corrected chi connectivity index (χ2v) is 3.54. The lowest BCUT2D eigenvalue weighted by Crippen LogP contribution is -2.32. The largest absolute Gasteiger partial charge is 0.390 e. The average Bonchev–Trinajstić information content (AvgIpc) is 2.17. The maximum Gasteiger partial charge on any atom is 0.390 e. The zero-order valence-electron chi connectivity index (χ0n) is 8.61. The number of rotatable bonds is 3. The smallest absolute Gasteiger partial charge is 0.271 e. The van der Waals surface area contributed by atoms with Crippen molar-refractivity contribution in [2.75, 3.05) is 0 Å². The van der Waals surface area contributed by atoms with E-state index in [-0.39, 0.29) is 5.56 Å². The molecule has 0 aliphatic rings. The number of hydrogen-bond donors (Lipinski definition) is 2. The van der Waals surface area contributed by atoms with Gasteiger partial charge >= 0.3 is 6.18 Å². The number of alkyl halides is 3. The van der Waals surface area contributed by atoms with Crippen molar-refractivity contribution in [3.05, 3.63) is 35.1 Å². The first-order valence-electron chi connectivity index (χ1n) is 4.62. The lowest BCUT2D eigenvalue weighted by atomic mass is 9.99. The van der Waals surface area contributed by atoms with Crippen LogP contribution >= 0.6 is 0 Å². The van der Waals surface area contributed by atoms with Gasteiger partial charge in [-0.3, -0.25) is 11.3 Å². The van der Waals surface area contributed by atoms with Crippen LogP contribution in [0.5, 0.6) is 0 Å². The van der Waals surface area contributed by atoms with Crippen molar-refractivity contribution in [3.8, 4) is 0 Å². The quantitative estimate of drug-likeness (QED) is 0.481. The van der Waals surface area contributed by atoms with Crippen LogP contribution in [-0.4, -0.2) is 6.18 Å². The second kappa shape index (κ2) is 4.80. The van der Waals surface area contributed by atoms with Crippen molar-refractivity contribution in [2.24, 2.45) is 5.84 Å². The van der Waals surface area contributed by atoms with Crippen molar-refractivity contribution in [2.45, 2.75) is 25.6 Å². The Kier molecular flexibility index (Phi) is 3.88. The van der Waals surface area contributed by atoms with Crippen LogP contribution in [0.3, 0.4) is 0 Å². The fourth-order valence-electron chi connectivity index (χ4n) is 1.48. The second-order valence-electron chi connectivity index (χ2n) is 3.54. The van der Waals surface area contributed by atoms with E-state index in [4.69, 9.17) is 5.84 Å². The van der Waals surface area contributed by atoms with Crippen LogP contribution in [-0.2, 0) is 0 Å². The van der Waals surface area contributed by atoms with Gasteiger partial charge in [0.25, 0.3) is 0 Å². The summed E-state index contributed by atoms with van der Waals surface area (Å²) >= 11 is 0. The molecule has 0 saturated carbocycles. The van der Waals surface area contributed by atoms with E-state index in [2.05, 4.69) is 5.43 Å². The summed E-state index contributed by atoms with van der Waals surface area (Å²) in [4.78, 5) is 0. The lowest BCUT2D eigenvalue weighted by molar-refractivity contribution is -0.140. The highest BCUT2D eigenvalue weighted by molar-refractivity contribution is 5.29. The molecule has 0 aromatic heterocycles. The number of aryl methyl sites for hydroxylation is 1. The summed E-state index contributed by atoms with van der Waals surface area (Å²) in [5.41, 5.74) is 2.84. The fourth-order valence-corrected chi connectivity index (χ4v) is 1.48. The molecule has 0 spiro atoms. The van der Waals surface area contributed by atoms with Crippen LogP contribution in [0.15, 0.2) is 18.2 Å². The summed E-state index contributed by atoms with van der Waals surface area (Å²) < 4.78 is 49.6. The molecule has 0 aliphatic carbocycles. The molecule has 0 aliphatic heterocycles. The van der Waals surface area contributed by atoms with Crippen LogP contribution in [0, 0.1) is 12.7 Å². The molecule has 1 atom stereocenters. The number of hydrogen-bond acceptors (Lipinski definition) is 2. The van der Waals surface area contributed by atoms with Crippen LogP contribution in [0.2, 0.25) is 0 Å². The molecule has 0 amide bonds. The minimum absolute atomic E-state index is 0.222. The van der Waals surface area contributed by atoms with Gasteiger partial charge in [-0.15, -0.1) is 0 Å². The first kappa shape index (κ1) is 12.9. The number of nitrogens with one attached hydrogen (secondary N) is 1. The van der Waals surface area contributed by atoms with Gasteiger partial charge in [-0.1, -0.05) is 6.07 Å². The van der Waals surface area contributed by atoms with Crippen LogP contribution in [0.4, 0.5) is 17.6 Å². The van der Waals surface area contributed by atoms with E-state index in [1.165, 1.54) is 12.1 Å². The number of halogens is 4. The first-order valence-corrected chi connectivity index (χ1v) is 4.62. The molecule has 1 aromatic carbocycles. The van der Waals surface area contributed by atoms with Gasteiger partial charge in [-0.05, 0) is 30.2 Å². The monoisotopic (exact) mass is 236 g/mol. The Balaban J connectivity index is 2.99. The third-order valence-electron chi connectivity index (χ3n) is 2.25. The molecular weight excluding hydrogens is 224 g/mol. The Morgan fingerprint density at radius 1 is 1.38 bits per heavy atom. The van der Waals surface area contributed by atoms with Gasteiger partial charge in [0.05, 0.1) is 12.5 Å². The van der Waals surface area contributed by atoms with E-state index >= 15 is 0 Å². The van der Waals surface area contributed by atoms with E-state index < -0.39 is 24.5 Å². The lowest BCUT2D eigenvalue weighted by Gasteiger charge is -2.20. The molecular formula is C10H12F4N2. The van der Waals surface area contributed by atoms with E-state index in [1.807, 2.05) is 0 Å². The molecule has 3 N–H and O–H groups in total. The van der Waals surface area contributed by atoms with Gasteiger partial charge in [-0.2, -0.15) is 13.2 Å². The van der Waals surface area contributed by atoms with Crippen molar-refractivity contribution < 1.29 is 17.6 Å². The van der Waals surface area contributed by atoms with E-state index in [9.17, 15) is 17.6 Å². The summed E-state index contributed by atoms with van der Waals surface area (Å²) in [7, 11) is 0. The minimum atomic E-state index is -4.35. The minimum Gasteiger partial charge on any atom is -0.271 e. The molecule has 16 heavy (non-hydrogen) atoms. The number of benzene rings is 1. The highest BCUT2D eigenvalue weighted by Crippen LogP contribution is 2.30. The topological polar surface area (TPSA) is 38.0 Å². The highest BCUT2D eigenvalue weighted by Gasteiger charge is 2.32. The molecule has 0 heterocycles. The SMILES string of the molecule is Cc1ccc(F)cc1C(CC(F)(F)F)NN. The molecule has 6 heteroatoms. The zero-order chi connectivity index (χ0) is 12.3. The highest BCUT2D eigenvalue weighted by atomic mass is 19.4. The molecule has 1 unspecified atom stereocenters. The third-order valence-corrected chi connectivity index (χ3v) is 2.25. The molecule has 1 rings (SSSR count). The molecule has 2 nitrogen and oxygen atoms in total. The van der Waals surface area contributed by atoms with Gasteiger partial charge in [0.1, 0.15) is 5.82 Å². The molecule has 1 aromatic rings. The average molecular weight is 236 g/mol. The van der Waals surface area contributed by atoms with Crippen LogP contribution in [0.1, 0.15) is 23.6 Å². The van der Waals surface area contributed by atoms with Crippen molar-refractivity contribution in [1.29, 1.82) is 0 Å². The molecule has 0 saturated heterocycles. The molecule has 90 valence electrons. The maximum absolute atomic E-state index is 12.9. The molecule has 0 fully saturated rings. The first-order chi connectivity index (χ1) is 7.33. The Labute approximate surface area is 90.4 Å². The van der Waals surface area contributed by atoms with Crippen molar-refractivity contribution >= 4 is 0 Å². The summed E-state index contributed by atoms with van der Waals surface area (Å²) in [6.45, 7) is 1.61. The zero-order valence-corrected chi connectivity index (χ0v) is 8.61. The Bertz CT molecular complexity index is 362. The predicted octanol–water partition coefficient (Wildman–Crippen LogP) is 2.59. The molecule has 0 radical (unpaired) electrons. The maximum atomic E-state index is 12.9. The number of nitrogens with two attached hydrogens (primary N) is 1. The molecule has 0 bridgehead atoms. The third kappa shape index (κ3) is 3.46. The van der Waals surface area contributed by atoms with E-state index in [0.717, 1.165) is 6.07 Å². The summed E-state index contributed by atoms with van der Waals surface area (Å²) in [5.74, 6) is 4.48. The fraction of sp³-hybridized carbons (Fsp3) is 0.400. The van der Waals surface area contributed by atoms with Crippen molar-refractivity contribution in [3.63, 3.8) is 0 Å². The van der Waals surface area contributed by atoms with E-state index in [0.29, 0.717) is 5.56 Å². The van der Waals surface area contributed by atoms with Crippen molar-refractivity contribution in [1.82, 2.24) is 5.43 Å². The number of hydrazine groups is 1.